The Morgan fingerprint density at radius 3 is 2.71 bits per heavy atom. The maximum Gasteiger partial charge on any atom is 0.348 e. The predicted molar refractivity (Wildman–Crippen MR) is 106 cm³/mol. The molecule has 0 bridgehead atoms. The average Bonchev–Trinajstić information content (AvgIpc) is 3.23. The summed E-state index contributed by atoms with van der Waals surface area (Å²) in [5.41, 5.74) is 1.70. The molecule has 3 aromatic rings. The van der Waals surface area contributed by atoms with Crippen molar-refractivity contribution in [3.8, 4) is 0 Å². The second-order valence-electron chi connectivity index (χ2n) is 6.65. The van der Waals surface area contributed by atoms with Crippen LogP contribution in [-0.4, -0.2) is 34.3 Å². The largest absolute Gasteiger partial charge is 0.451 e. The van der Waals surface area contributed by atoms with Crippen molar-refractivity contribution in [2.45, 2.75) is 39.8 Å². The van der Waals surface area contributed by atoms with E-state index in [0.29, 0.717) is 11.4 Å². The quantitative estimate of drug-likeness (QED) is 0.611. The number of amides is 1. The first-order valence-electron chi connectivity index (χ1n) is 9.05. The molecular formula is C20H22FN3O3S. The first-order valence-corrected chi connectivity index (χ1v) is 9.87. The molecule has 148 valence electrons. The predicted octanol–water partition coefficient (Wildman–Crippen LogP) is 3.67. The topological polar surface area (TPSA) is 73.2 Å². The van der Waals surface area contributed by atoms with Gasteiger partial charge in [-0.1, -0.05) is 19.1 Å². The fourth-order valence-electron chi connectivity index (χ4n) is 2.70. The molecule has 0 saturated carbocycles. The van der Waals surface area contributed by atoms with Crippen molar-refractivity contribution in [3.05, 3.63) is 52.3 Å². The zero-order valence-corrected chi connectivity index (χ0v) is 16.8. The fraction of sp³-hybridized carbons (Fsp3) is 0.350. The highest BCUT2D eigenvalue weighted by Crippen LogP contribution is 2.29. The van der Waals surface area contributed by atoms with Gasteiger partial charge in [0.15, 0.2) is 6.61 Å². The van der Waals surface area contributed by atoms with E-state index in [9.17, 15) is 14.0 Å². The van der Waals surface area contributed by atoms with Crippen LogP contribution in [0.15, 0.2) is 30.3 Å². The summed E-state index contributed by atoms with van der Waals surface area (Å²) >= 11 is 1.27. The lowest BCUT2D eigenvalue weighted by molar-refractivity contribution is -0.124. The summed E-state index contributed by atoms with van der Waals surface area (Å²) < 4.78 is 20.0. The molecule has 2 heterocycles. The Balaban J connectivity index is 1.72. The van der Waals surface area contributed by atoms with Gasteiger partial charge in [-0.25, -0.2) is 9.18 Å². The monoisotopic (exact) mass is 403 g/mol. The van der Waals surface area contributed by atoms with E-state index in [-0.39, 0.29) is 24.4 Å². The number of rotatable bonds is 7. The lowest BCUT2D eigenvalue weighted by atomic mass is 10.2. The van der Waals surface area contributed by atoms with E-state index in [1.165, 1.54) is 23.5 Å². The Labute approximate surface area is 166 Å². The van der Waals surface area contributed by atoms with Crippen LogP contribution in [0.4, 0.5) is 4.39 Å². The van der Waals surface area contributed by atoms with Crippen molar-refractivity contribution < 1.29 is 18.7 Å². The summed E-state index contributed by atoms with van der Waals surface area (Å²) in [5.74, 6) is -1.14. The Kier molecular flexibility index (Phi) is 6.08. The molecule has 0 aliphatic rings. The van der Waals surface area contributed by atoms with Gasteiger partial charge in [-0.2, -0.15) is 5.10 Å². The smallest absolute Gasteiger partial charge is 0.348 e. The van der Waals surface area contributed by atoms with E-state index < -0.39 is 5.97 Å². The van der Waals surface area contributed by atoms with Crippen molar-refractivity contribution in [2.75, 3.05) is 6.61 Å². The number of esters is 1. The van der Waals surface area contributed by atoms with Crippen molar-refractivity contribution in [1.29, 1.82) is 0 Å². The Morgan fingerprint density at radius 2 is 2.04 bits per heavy atom. The lowest BCUT2D eigenvalue weighted by Gasteiger charge is -2.11. The molecule has 28 heavy (non-hydrogen) atoms. The van der Waals surface area contributed by atoms with Crippen LogP contribution in [0.1, 0.15) is 41.2 Å². The molecule has 2 aromatic heterocycles. The van der Waals surface area contributed by atoms with Crippen LogP contribution in [0.25, 0.3) is 10.2 Å². The van der Waals surface area contributed by atoms with Crippen LogP contribution in [0.2, 0.25) is 0 Å². The highest BCUT2D eigenvalue weighted by atomic mass is 32.1. The molecule has 0 fully saturated rings. The maximum atomic E-state index is 13.1. The number of aromatic nitrogens is 2. The number of fused-ring (bicyclic) bond motifs is 1. The van der Waals surface area contributed by atoms with Crippen molar-refractivity contribution in [3.63, 3.8) is 0 Å². The number of ether oxygens (including phenoxy) is 1. The molecule has 1 atom stereocenters. The van der Waals surface area contributed by atoms with E-state index in [2.05, 4.69) is 10.4 Å². The van der Waals surface area contributed by atoms with E-state index in [1.807, 2.05) is 20.8 Å². The normalized spacial score (nSPS) is 12.1. The minimum Gasteiger partial charge on any atom is -0.451 e. The van der Waals surface area contributed by atoms with E-state index in [1.54, 1.807) is 22.9 Å². The highest BCUT2D eigenvalue weighted by molar-refractivity contribution is 7.20. The average molecular weight is 403 g/mol. The molecule has 0 unspecified atom stereocenters. The van der Waals surface area contributed by atoms with Crippen LogP contribution in [0, 0.1) is 12.7 Å². The number of aryl methyl sites for hydroxylation is 1. The molecule has 0 radical (unpaired) electrons. The van der Waals surface area contributed by atoms with Gasteiger partial charge in [0.05, 0.1) is 12.2 Å². The van der Waals surface area contributed by atoms with Crippen molar-refractivity contribution >= 4 is 33.4 Å². The maximum absolute atomic E-state index is 13.1. The molecule has 0 spiro atoms. The van der Waals surface area contributed by atoms with Gasteiger partial charge in [0, 0.05) is 11.4 Å². The molecule has 0 aliphatic heterocycles. The standard InChI is InChI=1S/C20H22FN3O3S/c1-4-12(2)22-18(25)11-27-20(26)17-9-16-13(3)23-24(19(16)28-17)10-14-5-7-15(21)8-6-14/h5-9,12H,4,10-11H2,1-3H3,(H,22,25)/t12-/m0/s1. The number of benzene rings is 1. The molecule has 1 amide bonds. The molecule has 6 nitrogen and oxygen atoms in total. The molecular weight excluding hydrogens is 381 g/mol. The molecule has 3 rings (SSSR count). The number of carbonyl (C=O) groups is 2. The zero-order chi connectivity index (χ0) is 20.3. The number of carbonyl (C=O) groups excluding carboxylic acids is 2. The Bertz CT molecular complexity index is 994. The highest BCUT2D eigenvalue weighted by Gasteiger charge is 2.18. The minimum absolute atomic E-state index is 0.0376. The second kappa shape index (κ2) is 8.52. The summed E-state index contributed by atoms with van der Waals surface area (Å²) in [6.07, 6.45) is 0.805. The SMILES string of the molecule is CC[C@H](C)NC(=O)COC(=O)c1cc2c(C)nn(Cc3ccc(F)cc3)c2s1. The van der Waals surface area contributed by atoms with Gasteiger partial charge in [-0.3, -0.25) is 9.48 Å². The molecule has 1 N–H and O–H groups in total. The molecule has 0 saturated heterocycles. The molecule has 0 aliphatic carbocycles. The third-order valence-electron chi connectivity index (χ3n) is 4.41. The first kappa shape index (κ1) is 20.0. The van der Waals surface area contributed by atoms with Gasteiger partial charge in [-0.15, -0.1) is 11.3 Å². The van der Waals surface area contributed by atoms with Crippen LogP contribution in [-0.2, 0) is 16.1 Å². The summed E-state index contributed by atoms with van der Waals surface area (Å²) in [5, 5.41) is 8.12. The third-order valence-corrected chi connectivity index (χ3v) is 5.54. The summed E-state index contributed by atoms with van der Waals surface area (Å²) in [6, 6.07) is 8.00. The Hall–Kier alpha value is -2.74. The van der Waals surface area contributed by atoms with Crippen molar-refractivity contribution in [2.24, 2.45) is 0 Å². The summed E-state index contributed by atoms with van der Waals surface area (Å²) in [7, 11) is 0. The van der Waals surface area contributed by atoms with Gasteiger partial charge >= 0.3 is 5.97 Å². The van der Waals surface area contributed by atoms with Crippen LogP contribution < -0.4 is 5.32 Å². The third kappa shape index (κ3) is 4.56. The minimum atomic E-state index is -0.534. The number of halogens is 1. The van der Waals surface area contributed by atoms with E-state index >= 15 is 0 Å². The van der Waals surface area contributed by atoms with Crippen LogP contribution in [0.3, 0.4) is 0 Å². The van der Waals surface area contributed by atoms with Crippen LogP contribution in [0.5, 0.6) is 0 Å². The van der Waals surface area contributed by atoms with Gasteiger partial charge in [0.2, 0.25) is 0 Å². The molecule has 8 heteroatoms. The zero-order valence-electron chi connectivity index (χ0n) is 16.0. The van der Waals surface area contributed by atoms with Gasteiger partial charge in [0.1, 0.15) is 15.5 Å². The summed E-state index contributed by atoms with van der Waals surface area (Å²) in [6.45, 7) is 5.88. The van der Waals surface area contributed by atoms with Crippen molar-refractivity contribution in [1.82, 2.24) is 15.1 Å². The lowest BCUT2D eigenvalue weighted by Crippen LogP contribution is -2.35. The van der Waals surface area contributed by atoms with E-state index in [4.69, 9.17) is 4.74 Å². The Morgan fingerprint density at radius 1 is 1.32 bits per heavy atom. The van der Waals surface area contributed by atoms with Gasteiger partial charge in [-0.05, 0) is 44.0 Å². The van der Waals surface area contributed by atoms with Gasteiger partial charge in [0.25, 0.3) is 5.91 Å². The number of nitrogens with one attached hydrogen (secondary N) is 1. The fourth-order valence-corrected chi connectivity index (χ4v) is 3.76. The first-order chi connectivity index (χ1) is 13.4. The van der Waals surface area contributed by atoms with Gasteiger partial charge < -0.3 is 10.1 Å². The number of nitrogens with zero attached hydrogens (tertiary/aromatic N) is 2. The van der Waals surface area contributed by atoms with Crippen LogP contribution >= 0.6 is 11.3 Å². The second-order valence-corrected chi connectivity index (χ2v) is 7.68. The number of hydrogen-bond donors (Lipinski definition) is 1. The molecule has 1 aromatic carbocycles. The number of hydrogen-bond acceptors (Lipinski definition) is 5. The number of thiophene rings is 1. The summed E-state index contributed by atoms with van der Waals surface area (Å²) in [4.78, 5) is 25.4. The van der Waals surface area contributed by atoms with E-state index in [0.717, 1.165) is 27.9 Å².